The Kier molecular flexibility index (Phi) is 8.87. The predicted molar refractivity (Wildman–Crippen MR) is 314 cm³/mol. The van der Waals surface area contributed by atoms with Gasteiger partial charge in [0.05, 0.1) is 75.9 Å². The Hall–Kier alpha value is -8.96. The molecule has 0 radical (unpaired) electrons. The smallest absolute Gasteiger partial charge is 0.0818 e. The Balaban J connectivity index is 1.22. The van der Waals surface area contributed by atoms with Gasteiger partial charge in [-0.15, -0.1) is 0 Å². The average molecular weight is 1080 g/mol. The Morgan fingerprint density at radius 2 is 0.649 bits per heavy atom. The van der Waals surface area contributed by atoms with E-state index in [1.165, 1.54) is 0 Å². The molecule has 346 valence electrons. The monoisotopic (exact) mass is 1070 g/mol. The lowest BCUT2D eigenvalue weighted by molar-refractivity contribution is 1.30. The summed E-state index contributed by atoms with van der Waals surface area (Å²) in [6, 6.07) is 60.0. The first-order chi connectivity index (χ1) is 36.5. The highest BCUT2D eigenvalue weighted by Crippen LogP contribution is 2.48. The van der Waals surface area contributed by atoms with Crippen LogP contribution < -0.4 is 0 Å². The zero-order valence-electron chi connectivity index (χ0n) is 39.0. The zero-order valence-corrected chi connectivity index (χ0v) is 42.2. The lowest BCUT2D eigenvalue weighted by Gasteiger charge is -2.07. The van der Waals surface area contributed by atoms with Crippen molar-refractivity contribution in [2.24, 2.45) is 0 Å². The summed E-state index contributed by atoms with van der Waals surface area (Å²) >= 11 is 8.01. The quantitative estimate of drug-likeness (QED) is 0.141. The molecule has 14 aromatic rings. The fraction of sp³-hybridized carbons (Fsp3) is 0. The van der Waals surface area contributed by atoms with Crippen molar-refractivity contribution in [1.29, 1.82) is 0 Å². The molecule has 8 aromatic heterocycles. The molecule has 0 saturated carbocycles. The van der Waals surface area contributed by atoms with E-state index in [4.69, 9.17) is 19.9 Å². The van der Waals surface area contributed by atoms with Crippen LogP contribution in [0.1, 0.15) is 22.8 Å². The highest BCUT2D eigenvalue weighted by atomic mass is 79.9. The first-order valence-electron chi connectivity index (χ1n) is 24.5. The van der Waals surface area contributed by atoms with E-state index in [0.717, 1.165) is 175 Å². The van der Waals surface area contributed by atoms with Crippen LogP contribution in [0.3, 0.4) is 0 Å². The number of halogens is 2. The molecular formula is C64H36Br2N8. The number of aromatic amines is 4. The van der Waals surface area contributed by atoms with Crippen molar-refractivity contribution in [2.45, 2.75) is 0 Å². The molecule has 10 heterocycles. The third-order valence-corrected chi connectivity index (χ3v) is 16.6. The Morgan fingerprint density at radius 3 is 1.04 bits per heavy atom. The molecule has 74 heavy (non-hydrogen) atoms. The molecule has 2 aliphatic rings. The molecule has 6 aromatic carbocycles. The lowest BCUT2D eigenvalue weighted by atomic mass is 9.97. The third-order valence-electron chi connectivity index (χ3n) is 14.9. The molecule has 16 rings (SSSR count). The van der Waals surface area contributed by atoms with Gasteiger partial charge in [0.2, 0.25) is 0 Å². The van der Waals surface area contributed by atoms with Crippen molar-refractivity contribution in [2.75, 3.05) is 0 Å². The van der Waals surface area contributed by atoms with Gasteiger partial charge in [-0.25, -0.2) is 19.9 Å². The molecule has 10 heteroatoms. The largest absolute Gasteiger partial charge is 0.354 e. The summed E-state index contributed by atoms with van der Waals surface area (Å²) in [7, 11) is 0. The van der Waals surface area contributed by atoms with E-state index in [1.54, 1.807) is 0 Å². The van der Waals surface area contributed by atoms with Gasteiger partial charge in [0.15, 0.2) is 0 Å². The van der Waals surface area contributed by atoms with E-state index < -0.39 is 0 Å². The molecular weight excluding hydrogens is 1040 g/mol. The van der Waals surface area contributed by atoms with Gasteiger partial charge in [0.1, 0.15) is 0 Å². The molecule has 16 bridgehead atoms. The number of nitrogens with zero attached hydrogens (tertiary/aromatic N) is 4. The highest BCUT2D eigenvalue weighted by Gasteiger charge is 2.26. The molecule has 0 saturated heterocycles. The van der Waals surface area contributed by atoms with Crippen molar-refractivity contribution in [3.05, 3.63) is 202 Å². The second-order valence-electron chi connectivity index (χ2n) is 19.1. The van der Waals surface area contributed by atoms with Crippen molar-refractivity contribution in [1.82, 2.24) is 39.9 Å². The molecule has 0 unspecified atom stereocenters. The van der Waals surface area contributed by atoms with E-state index in [-0.39, 0.29) is 0 Å². The Bertz CT molecular complexity index is 4640. The minimum atomic E-state index is 0.824. The standard InChI is InChI=1S/C64H36Br2N8/c65-59-45-25-21-41(67-45)53(33-13-5-1-6-14-33)49-29-37-38-30-50-54(34-15-7-2-8-16-34)43-23-27-47(69-43)60(66)48-28-24-44(70-48)56(36-19-11-4-12-20-36)52-32-40-39-31-51(55(35-17-9-3-10-18-35)42-22-26-46(59)68-42)73-63(39)57(61(37)71-49)58(62(38)72-50)64(40)74-52/h1-32,67,70,72-73H. The fourth-order valence-corrected chi connectivity index (χ4v) is 12.6. The molecule has 2 aliphatic heterocycles. The summed E-state index contributed by atoms with van der Waals surface area (Å²) in [6.45, 7) is 0. The van der Waals surface area contributed by atoms with Crippen LogP contribution in [-0.2, 0) is 0 Å². The second-order valence-corrected chi connectivity index (χ2v) is 20.7. The van der Waals surface area contributed by atoms with Gasteiger partial charge in [-0.1, -0.05) is 121 Å². The van der Waals surface area contributed by atoms with Gasteiger partial charge in [-0.05, 0) is 127 Å². The number of rotatable bonds is 4. The Morgan fingerprint density at radius 1 is 0.297 bits per heavy atom. The van der Waals surface area contributed by atoms with Crippen molar-refractivity contribution in [3.8, 4) is 44.5 Å². The number of H-pyrrole nitrogens is 4. The minimum absolute atomic E-state index is 0.824. The van der Waals surface area contributed by atoms with Crippen molar-refractivity contribution in [3.63, 3.8) is 0 Å². The minimum Gasteiger partial charge on any atom is -0.354 e. The summed E-state index contributed by atoms with van der Waals surface area (Å²) in [6.07, 6.45) is 8.43. The van der Waals surface area contributed by atoms with Gasteiger partial charge in [0.25, 0.3) is 0 Å². The van der Waals surface area contributed by atoms with Crippen LogP contribution >= 0.6 is 31.9 Å². The van der Waals surface area contributed by atoms with Gasteiger partial charge in [-0.2, -0.15) is 0 Å². The lowest BCUT2D eigenvalue weighted by Crippen LogP contribution is -1.87. The van der Waals surface area contributed by atoms with Crippen molar-refractivity contribution >= 4 is 155 Å². The maximum Gasteiger partial charge on any atom is 0.0818 e. The molecule has 4 N–H and O–H groups in total. The van der Waals surface area contributed by atoms with Crippen LogP contribution in [0.25, 0.3) is 167 Å². The van der Waals surface area contributed by atoms with E-state index in [1.807, 2.05) is 0 Å². The summed E-state index contributed by atoms with van der Waals surface area (Å²) in [5.74, 6) is 0. The summed E-state index contributed by atoms with van der Waals surface area (Å²) in [5.41, 5.74) is 22.4. The molecule has 0 fully saturated rings. The number of benzene rings is 6. The van der Waals surface area contributed by atoms with E-state index in [9.17, 15) is 0 Å². The maximum atomic E-state index is 5.84. The van der Waals surface area contributed by atoms with Crippen LogP contribution in [-0.4, -0.2) is 39.9 Å². The van der Waals surface area contributed by atoms with Gasteiger partial charge >= 0.3 is 0 Å². The number of hydrogen-bond donors (Lipinski definition) is 4. The van der Waals surface area contributed by atoms with Crippen LogP contribution in [0, 0.1) is 0 Å². The summed E-state index contributed by atoms with van der Waals surface area (Å²) in [4.78, 5) is 38.2. The van der Waals surface area contributed by atoms with Gasteiger partial charge in [-0.3, -0.25) is 0 Å². The Labute approximate surface area is 437 Å². The number of fused-ring (bicyclic) bond motifs is 14. The van der Waals surface area contributed by atoms with Crippen LogP contribution in [0.5, 0.6) is 0 Å². The SMILES string of the molecule is Brc1c2nc(c(-c3ccccc3)c3cc4c5cc6nc5c5c7[nH]c(cc7c7cc(nc7c5c4[nH]3)c(-c3ccccc3)c3ccc1[nH]3)c(-c1ccccc1)c1nc(c(Br)c3ccc([nH]3)c6-c3ccccc3)C=C1)C=C2. The first-order valence-corrected chi connectivity index (χ1v) is 26.1. The van der Waals surface area contributed by atoms with Crippen LogP contribution in [0.4, 0.5) is 0 Å². The van der Waals surface area contributed by atoms with Crippen LogP contribution in [0.15, 0.2) is 179 Å². The van der Waals surface area contributed by atoms with Crippen molar-refractivity contribution < 1.29 is 0 Å². The van der Waals surface area contributed by atoms with E-state index in [2.05, 4.69) is 246 Å². The molecule has 0 aliphatic carbocycles. The number of nitrogens with one attached hydrogen (secondary N) is 4. The second kappa shape index (κ2) is 15.8. The molecule has 0 amide bonds. The number of hydrogen-bond acceptors (Lipinski definition) is 4. The maximum absolute atomic E-state index is 5.84. The van der Waals surface area contributed by atoms with Crippen LogP contribution in [0.2, 0.25) is 0 Å². The van der Waals surface area contributed by atoms with E-state index >= 15 is 0 Å². The molecule has 0 atom stereocenters. The first kappa shape index (κ1) is 41.6. The average Bonchev–Trinajstić information content (AvgIpc) is 4.35. The zero-order chi connectivity index (χ0) is 48.8. The summed E-state index contributed by atoms with van der Waals surface area (Å²) in [5, 5.41) is 6.08. The third kappa shape index (κ3) is 6.12. The highest BCUT2D eigenvalue weighted by molar-refractivity contribution is 9.11. The summed E-state index contributed by atoms with van der Waals surface area (Å²) < 4.78 is 1.73. The molecule has 8 nitrogen and oxygen atoms in total. The fourth-order valence-electron chi connectivity index (χ4n) is 11.7. The normalized spacial score (nSPS) is 12.6. The topological polar surface area (TPSA) is 115 Å². The van der Waals surface area contributed by atoms with Gasteiger partial charge in [0, 0.05) is 76.6 Å². The predicted octanol–water partition coefficient (Wildman–Crippen LogP) is 17.8. The van der Waals surface area contributed by atoms with Gasteiger partial charge < -0.3 is 19.9 Å². The number of aromatic nitrogens is 8. The van der Waals surface area contributed by atoms with E-state index in [0.29, 0.717) is 0 Å². The molecule has 0 spiro atoms.